The Balaban J connectivity index is 3.03. The summed E-state index contributed by atoms with van der Waals surface area (Å²) in [6.07, 6.45) is -0.688. The van der Waals surface area contributed by atoms with E-state index in [-0.39, 0.29) is 30.4 Å². The Morgan fingerprint density at radius 1 is 1.35 bits per heavy atom. The number of cyclic esters (lactones) is 1. The molecule has 1 aliphatic heterocycles. The van der Waals surface area contributed by atoms with Gasteiger partial charge < -0.3 is 14.8 Å². The van der Waals surface area contributed by atoms with E-state index in [1.807, 2.05) is 34.6 Å². The molecule has 1 saturated heterocycles. The van der Waals surface area contributed by atoms with Crippen molar-refractivity contribution in [1.29, 1.82) is 0 Å². The first kappa shape index (κ1) is 19.3. The van der Waals surface area contributed by atoms with Crippen LogP contribution in [0.2, 0.25) is 0 Å². The van der Waals surface area contributed by atoms with Crippen LogP contribution in [-0.2, 0) is 14.3 Å². The Hall–Kier alpha value is -1.79. The highest BCUT2D eigenvalue weighted by atomic mass is 16.6. The average Bonchev–Trinajstić information content (AvgIpc) is 2.88. The lowest BCUT2D eigenvalue weighted by atomic mass is 9.86. The molecular formula is C16H28N2O5. The van der Waals surface area contributed by atoms with Gasteiger partial charge in [-0.1, -0.05) is 34.6 Å². The zero-order valence-electron chi connectivity index (χ0n) is 14.8. The third-order valence-corrected chi connectivity index (χ3v) is 4.29. The second kappa shape index (κ2) is 8.17. The zero-order chi connectivity index (χ0) is 17.7. The van der Waals surface area contributed by atoms with Crippen LogP contribution in [0.1, 0.15) is 41.0 Å². The molecule has 0 unspecified atom stereocenters. The van der Waals surface area contributed by atoms with Crippen LogP contribution < -0.4 is 5.32 Å². The van der Waals surface area contributed by atoms with E-state index in [1.54, 1.807) is 0 Å². The summed E-state index contributed by atoms with van der Waals surface area (Å²) in [6, 6.07) is -0.684. The molecule has 1 rings (SSSR count). The Morgan fingerprint density at radius 2 is 1.96 bits per heavy atom. The fraction of sp³-hybridized carbons (Fsp3) is 0.812. The predicted octanol–water partition coefficient (Wildman–Crippen LogP) is 2.40. The van der Waals surface area contributed by atoms with Crippen molar-refractivity contribution in [2.45, 2.75) is 53.1 Å². The topological polar surface area (TPSA) is 84.9 Å². The molecule has 3 amide bonds. The molecule has 0 aromatic heterocycles. The zero-order valence-corrected chi connectivity index (χ0v) is 14.8. The molecule has 1 aliphatic rings. The molecule has 132 valence electrons. The average molecular weight is 328 g/mol. The number of hydrogen-bond acceptors (Lipinski definition) is 5. The van der Waals surface area contributed by atoms with Crippen molar-refractivity contribution >= 4 is 18.1 Å². The smallest absolute Gasteiger partial charge is 0.416 e. The number of rotatable bonds is 6. The lowest BCUT2D eigenvalue weighted by Crippen LogP contribution is -2.53. The predicted molar refractivity (Wildman–Crippen MR) is 84.8 cm³/mol. The molecule has 7 nitrogen and oxygen atoms in total. The van der Waals surface area contributed by atoms with Crippen molar-refractivity contribution in [1.82, 2.24) is 10.2 Å². The molecule has 1 N–H and O–H groups in total. The molecule has 7 heteroatoms. The van der Waals surface area contributed by atoms with Gasteiger partial charge in [-0.2, -0.15) is 0 Å². The van der Waals surface area contributed by atoms with Crippen LogP contribution in [0, 0.1) is 17.8 Å². The molecule has 0 aromatic rings. The SMILES string of the molecule is CC[C@@H](C(=O)N1C(=O)OC[C@@H]1C(C)C)[C@@H](NC(=O)OC)C(C)C. The number of methoxy groups -OCH3 is 1. The summed E-state index contributed by atoms with van der Waals surface area (Å²) < 4.78 is 9.70. The molecule has 1 heterocycles. The molecule has 23 heavy (non-hydrogen) atoms. The van der Waals surface area contributed by atoms with Gasteiger partial charge in [0.05, 0.1) is 19.1 Å². The molecule has 0 spiro atoms. The standard InChI is InChI=1S/C16H28N2O5/c1-7-11(13(10(4)5)17-15(20)22-6)14(19)18-12(9(2)3)8-23-16(18)21/h9-13H,7-8H2,1-6H3,(H,17,20)/t11-,12-,13+/m1/s1. The molecule has 1 fully saturated rings. The monoisotopic (exact) mass is 328 g/mol. The minimum absolute atomic E-state index is 0.0131. The quantitative estimate of drug-likeness (QED) is 0.809. The van der Waals surface area contributed by atoms with Crippen molar-refractivity contribution in [2.75, 3.05) is 13.7 Å². The lowest BCUT2D eigenvalue weighted by molar-refractivity contribution is -0.135. The minimum Gasteiger partial charge on any atom is -0.453 e. The van der Waals surface area contributed by atoms with E-state index in [0.29, 0.717) is 6.42 Å². The number of ether oxygens (including phenoxy) is 2. The van der Waals surface area contributed by atoms with Crippen molar-refractivity contribution < 1.29 is 23.9 Å². The normalized spacial score (nSPS) is 20.4. The maximum absolute atomic E-state index is 13.0. The summed E-state index contributed by atoms with van der Waals surface area (Å²) in [7, 11) is 1.28. The first-order valence-corrected chi connectivity index (χ1v) is 8.08. The third-order valence-electron chi connectivity index (χ3n) is 4.29. The van der Waals surface area contributed by atoms with E-state index >= 15 is 0 Å². The van der Waals surface area contributed by atoms with Gasteiger partial charge in [0.1, 0.15) is 6.61 Å². The molecule has 0 aromatic carbocycles. The molecule has 0 saturated carbocycles. The van der Waals surface area contributed by atoms with Crippen LogP contribution in [0.25, 0.3) is 0 Å². The van der Waals surface area contributed by atoms with Crippen LogP contribution in [0.4, 0.5) is 9.59 Å². The highest BCUT2D eigenvalue weighted by molar-refractivity contribution is 5.95. The number of nitrogens with one attached hydrogen (secondary N) is 1. The van der Waals surface area contributed by atoms with Gasteiger partial charge in [0.15, 0.2) is 0 Å². The lowest BCUT2D eigenvalue weighted by Gasteiger charge is -2.32. The largest absolute Gasteiger partial charge is 0.453 e. The van der Waals surface area contributed by atoms with Gasteiger partial charge >= 0.3 is 12.2 Å². The van der Waals surface area contributed by atoms with Gasteiger partial charge in [-0.25, -0.2) is 14.5 Å². The van der Waals surface area contributed by atoms with Gasteiger partial charge in [-0.15, -0.1) is 0 Å². The second-order valence-electron chi connectivity index (χ2n) is 6.52. The third kappa shape index (κ3) is 4.36. The Labute approximate surface area is 137 Å². The maximum Gasteiger partial charge on any atom is 0.416 e. The molecule has 0 aliphatic carbocycles. The van der Waals surface area contributed by atoms with Gasteiger partial charge in [0.2, 0.25) is 5.91 Å². The molecule has 3 atom stereocenters. The number of nitrogens with zero attached hydrogens (tertiary/aromatic N) is 1. The number of carbonyl (C=O) groups excluding carboxylic acids is 3. The van der Waals surface area contributed by atoms with E-state index in [0.717, 1.165) is 0 Å². The van der Waals surface area contributed by atoms with Crippen molar-refractivity contribution in [3.05, 3.63) is 0 Å². The van der Waals surface area contributed by atoms with Crippen LogP contribution in [0.15, 0.2) is 0 Å². The first-order valence-electron chi connectivity index (χ1n) is 8.08. The highest BCUT2D eigenvalue weighted by Crippen LogP contribution is 2.26. The minimum atomic E-state index is -0.604. The molecule has 0 radical (unpaired) electrons. The van der Waals surface area contributed by atoms with Crippen LogP contribution in [0.3, 0.4) is 0 Å². The van der Waals surface area contributed by atoms with Crippen molar-refractivity contribution in [3.63, 3.8) is 0 Å². The number of carbonyl (C=O) groups is 3. The van der Waals surface area contributed by atoms with Crippen LogP contribution in [-0.4, -0.2) is 48.8 Å². The van der Waals surface area contributed by atoms with Crippen LogP contribution in [0.5, 0.6) is 0 Å². The van der Waals surface area contributed by atoms with Crippen molar-refractivity contribution in [3.8, 4) is 0 Å². The summed E-state index contributed by atoms with van der Waals surface area (Å²) in [6.45, 7) is 9.80. The van der Waals surface area contributed by atoms with Gasteiger partial charge in [0.25, 0.3) is 0 Å². The summed E-state index contributed by atoms with van der Waals surface area (Å²) in [4.78, 5) is 37.7. The second-order valence-corrected chi connectivity index (χ2v) is 6.52. The number of alkyl carbamates (subject to hydrolysis) is 1. The number of hydrogen-bond donors (Lipinski definition) is 1. The van der Waals surface area contributed by atoms with Crippen molar-refractivity contribution in [2.24, 2.45) is 17.8 Å². The van der Waals surface area contributed by atoms with Crippen LogP contribution >= 0.6 is 0 Å². The van der Waals surface area contributed by atoms with E-state index in [9.17, 15) is 14.4 Å². The van der Waals surface area contributed by atoms with Gasteiger partial charge in [-0.3, -0.25) is 4.79 Å². The summed E-state index contributed by atoms with van der Waals surface area (Å²) in [5.41, 5.74) is 0. The molecular weight excluding hydrogens is 300 g/mol. The van der Waals surface area contributed by atoms with E-state index < -0.39 is 24.1 Å². The van der Waals surface area contributed by atoms with E-state index in [2.05, 4.69) is 10.1 Å². The Morgan fingerprint density at radius 3 is 2.39 bits per heavy atom. The Kier molecular flexibility index (Phi) is 6.84. The first-order chi connectivity index (χ1) is 10.7. The summed E-state index contributed by atoms with van der Waals surface area (Å²) in [5, 5.41) is 2.72. The Bertz CT molecular complexity index is 450. The maximum atomic E-state index is 13.0. The molecule has 0 bridgehead atoms. The highest BCUT2D eigenvalue weighted by Gasteiger charge is 2.44. The fourth-order valence-electron chi connectivity index (χ4n) is 2.87. The van der Waals surface area contributed by atoms with E-state index in [4.69, 9.17) is 4.74 Å². The van der Waals surface area contributed by atoms with E-state index in [1.165, 1.54) is 12.0 Å². The summed E-state index contributed by atoms with van der Waals surface area (Å²) in [5.74, 6) is -0.696. The van der Waals surface area contributed by atoms with Gasteiger partial charge in [-0.05, 0) is 18.3 Å². The number of imide groups is 1. The number of amides is 3. The summed E-state index contributed by atoms with van der Waals surface area (Å²) >= 11 is 0. The fourth-order valence-corrected chi connectivity index (χ4v) is 2.87. The van der Waals surface area contributed by atoms with Gasteiger partial charge in [0, 0.05) is 6.04 Å².